The van der Waals surface area contributed by atoms with Crippen LogP contribution in [0.1, 0.15) is 18.1 Å². The van der Waals surface area contributed by atoms with Crippen molar-refractivity contribution in [2.75, 3.05) is 11.4 Å². The van der Waals surface area contributed by atoms with E-state index in [1.165, 1.54) is 56.9 Å². The van der Waals surface area contributed by atoms with Crippen LogP contribution in [0, 0.1) is 0 Å². The average Bonchev–Trinajstić information content (AvgIpc) is 3.09. The molecule has 0 saturated carbocycles. The van der Waals surface area contributed by atoms with Gasteiger partial charge in [0.2, 0.25) is 0 Å². The lowest BCUT2D eigenvalue weighted by Gasteiger charge is -2.26. The predicted molar refractivity (Wildman–Crippen MR) is 108 cm³/mol. The summed E-state index contributed by atoms with van der Waals surface area (Å²) < 4.78 is 0. The van der Waals surface area contributed by atoms with Crippen LogP contribution in [0.3, 0.4) is 0 Å². The van der Waals surface area contributed by atoms with E-state index in [-0.39, 0.29) is 0 Å². The summed E-state index contributed by atoms with van der Waals surface area (Å²) in [5.41, 5.74) is 5.59. The highest BCUT2D eigenvalue weighted by molar-refractivity contribution is 6.01. The molecule has 25 heavy (non-hydrogen) atoms. The summed E-state index contributed by atoms with van der Waals surface area (Å²) in [5, 5.41) is 5.47. The molecule has 5 rings (SSSR count). The minimum Gasteiger partial charge on any atom is -0.341 e. The van der Waals surface area contributed by atoms with Gasteiger partial charge in [-0.05, 0) is 65.3 Å². The number of hydrogen-bond donors (Lipinski definition) is 0. The van der Waals surface area contributed by atoms with Crippen molar-refractivity contribution in [2.24, 2.45) is 0 Å². The molecule has 0 atom stereocenters. The van der Waals surface area contributed by atoms with Gasteiger partial charge in [-0.25, -0.2) is 0 Å². The maximum Gasteiger partial charge on any atom is 0.0490 e. The van der Waals surface area contributed by atoms with Crippen molar-refractivity contribution in [1.82, 2.24) is 0 Å². The topological polar surface area (TPSA) is 3.24 Å². The molecule has 0 aliphatic heterocycles. The molecule has 1 aliphatic rings. The third-order valence-corrected chi connectivity index (χ3v) is 5.51. The molecule has 0 unspecified atom stereocenters. The SMILES string of the molecule is CCN(c1ccc2ccccc2c1)c1ccc2c3c(cccc13)CC2. The third-order valence-electron chi connectivity index (χ3n) is 5.51. The van der Waals surface area contributed by atoms with E-state index in [4.69, 9.17) is 0 Å². The van der Waals surface area contributed by atoms with Crippen molar-refractivity contribution in [2.45, 2.75) is 19.8 Å². The van der Waals surface area contributed by atoms with E-state index in [0.29, 0.717) is 0 Å². The predicted octanol–water partition coefficient (Wildman–Crippen LogP) is 6.25. The summed E-state index contributed by atoms with van der Waals surface area (Å²) in [7, 11) is 0. The molecule has 0 bridgehead atoms. The molecule has 1 heteroatoms. The van der Waals surface area contributed by atoms with Crippen LogP contribution in [0.5, 0.6) is 0 Å². The summed E-state index contributed by atoms with van der Waals surface area (Å²) in [6.07, 6.45) is 2.36. The van der Waals surface area contributed by atoms with Gasteiger partial charge in [0.05, 0.1) is 0 Å². The minimum atomic E-state index is 0.955. The van der Waals surface area contributed by atoms with E-state index >= 15 is 0 Å². The van der Waals surface area contributed by atoms with Crippen LogP contribution in [-0.2, 0) is 12.8 Å². The Morgan fingerprint density at radius 1 is 0.760 bits per heavy atom. The molecule has 0 amide bonds. The fraction of sp³-hybridized carbons (Fsp3) is 0.167. The van der Waals surface area contributed by atoms with Crippen LogP contribution in [-0.4, -0.2) is 6.54 Å². The molecule has 4 aromatic rings. The Morgan fingerprint density at radius 2 is 1.56 bits per heavy atom. The highest BCUT2D eigenvalue weighted by atomic mass is 15.1. The van der Waals surface area contributed by atoms with Gasteiger partial charge in [-0.2, -0.15) is 0 Å². The first-order valence-electron chi connectivity index (χ1n) is 9.15. The Labute approximate surface area is 148 Å². The van der Waals surface area contributed by atoms with E-state index in [0.717, 1.165) is 6.54 Å². The van der Waals surface area contributed by atoms with E-state index < -0.39 is 0 Å². The van der Waals surface area contributed by atoms with E-state index in [1.807, 2.05) is 0 Å². The molecular weight excluding hydrogens is 302 g/mol. The molecular formula is C24H21N. The number of anilines is 2. The van der Waals surface area contributed by atoms with Gasteiger partial charge in [-0.15, -0.1) is 0 Å². The highest BCUT2D eigenvalue weighted by Gasteiger charge is 2.18. The second-order valence-electron chi connectivity index (χ2n) is 6.86. The first-order chi connectivity index (χ1) is 12.3. The van der Waals surface area contributed by atoms with Crippen LogP contribution < -0.4 is 4.90 Å². The lowest BCUT2D eigenvalue weighted by molar-refractivity contribution is 1.02. The second-order valence-corrected chi connectivity index (χ2v) is 6.86. The summed E-state index contributed by atoms with van der Waals surface area (Å²) >= 11 is 0. The van der Waals surface area contributed by atoms with Crippen LogP contribution in [0.4, 0.5) is 11.4 Å². The molecule has 0 N–H and O–H groups in total. The molecule has 0 heterocycles. The standard InChI is InChI=1S/C24H21N/c1-2-25(21-14-12-17-6-3-4-7-20(17)16-21)23-15-13-19-11-10-18-8-5-9-22(23)24(18)19/h3-9,12-16H,2,10-11H2,1H3. The second kappa shape index (κ2) is 5.63. The van der Waals surface area contributed by atoms with Crippen molar-refractivity contribution in [3.05, 3.63) is 83.9 Å². The fourth-order valence-electron chi connectivity index (χ4n) is 4.30. The molecule has 122 valence electrons. The number of nitrogens with zero attached hydrogens (tertiary/aromatic N) is 1. The molecule has 4 aromatic carbocycles. The summed E-state index contributed by atoms with van der Waals surface area (Å²) in [5.74, 6) is 0. The Balaban J connectivity index is 1.71. The van der Waals surface area contributed by atoms with Gasteiger partial charge in [0, 0.05) is 23.3 Å². The molecule has 0 spiro atoms. The van der Waals surface area contributed by atoms with Crippen molar-refractivity contribution < 1.29 is 0 Å². The molecule has 1 nitrogen and oxygen atoms in total. The van der Waals surface area contributed by atoms with Gasteiger partial charge in [0.15, 0.2) is 0 Å². The summed E-state index contributed by atoms with van der Waals surface area (Å²) in [6.45, 7) is 3.19. The first kappa shape index (κ1) is 14.5. The largest absolute Gasteiger partial charge is 0.341 e. The first-order valence-corrected chi connectivity index (χ1v) is 9.15. The molecule has 0 radical (unpaired) electrons. The maximum atomic E-state index is 2.44. The minimum absolute atomic E-state index is 0.955. The van der Waals surface area contributed by atoms with E-state index in [9.17, 15) is 0 Å². The van der Waals surface area contributed by atoms with E-state index in [1.54, 1.807) is 0 Å². The number of rotatable bonds is 3. The van der Waals surface area contributed by atoms with Crippen LogP contribution >= 0.6 is 0 Å². The lowest BCUT2D eigenvalue weighted by Crippen LogP contribution is -2.16. The zero-order chi connectivity index (χ0) is 16.8. The van der Waals surface area contributed by atoms with Gasteiger partial charge in [-0.3, -0.25) is 0 Å². The Bertz CT molecular complexity index is 1080. The van der Waals surface area contributed by atoms with Gasteiger partial charge >= 0.3 is 0 Å². The highest BCUT2D eigenvalue weighted by Crippen LogP contribution is 2.39. The zero-order valence-corrected chi connectivity index (χ0v) is 14.5. The average molecular weight is 323 g/mol. The molecule has 1 aliphatic carbocycles. The van der Waals surface area contributed by atoms with E-state index in [2.05, 4.69) is 84.6 Å². The maximum absolute atomic E-state index is 2.44. The number of benzene rings is 4. The van der Waals surface area contributed by atoms with Crippen LogP contribution in [0.2, 0.25) is 0 Å². The Morgan fingerprint density at radius 3 is 2.40 bits per heavy atom. The van der Waals surface area contributed by atoms with Gasteiger partial charge in [0.1, 0.15) is 0 Å². The quantitative estimate of drug-likeness (QED) is 0.431. The summed E-state index contributed by atoms with van der Waals surface area (Å²) in [4.78, 5) is 2.44. The van der Waals surface area contributed by atoms with Gasteiger partial charge in [0.25, 0.3) is 0 Å². The Kier molecular flexibility index (Phi) is 3.27. The number of fused-ring (bicyclic) bond motifs is 1. The van der Waals surface area contributed by atoms with Gasteiger partial charge in [-0.1, -0.05) is 54.6 Å². The zero-order valence-electron chi connectivity index (χ0n) is 14.5. The molecule has 0 fully saturated rings. The number of hydrogen-bond acceptors (Lipinski definition) is 1. The molecule has 0 saturated heterocycles. The van der Waals surface area contributed by atoms with Crippen molar-refractivity contribution in [3.63, 3.8) is 0 Å². The smallest absolute Gasteiger partial charge is 0.0490 e. The van der Waals surface area contributed by atoms with Crippen molar-refractivity contribution in [1.29, 1.82) is 0 Å². The number of aryl methyl sites for hydroxylation is 2. The fourth-order valence-corrected chi connectivity index (χ4v) is 4.30. The van der Waals surface area contributed by atoms with Crippen LogP contribution in [0.15, 0.2) is 72.8 Å². The molecule has 0 aromatic heterocycles. The summed E-state index contributed by atoms with van der Waals surface area (Å²) in [6, 6.07) is 26.8. The van der Waals surface area contributed by atoms with Crippen molar-refractivity contribution >= 4 is 32.9 Å². The Hall–Kier alpha value is -2.80. The monoisotopic (exact) mass is 323 g/mol. The van der Waals surface area contributed by atoms with Crippen LogP contribution in [0.25, 0.3) is 21.5 Å². The lowest BCUT2D eigenvalue weighted by atomic mass is 10.0. The third kappa shape index (κ3) is 2.23. The normalized spacial score (nSPS) is 12.8. The van der Waals surface area contributed by atoms with Gasteiger partial charge < -0.3 is 4.90 Å². The van der Waals surface area contributed by atoms with Crippen molar-refractivity contribution in [3.8, 4) is 0 Å².